The highest BCUT2D eigenvalue weighted by molar-refractivity contribution is 5.78. The average Bonchev–Trinajstić information content (AvgIpc) is 3.25. The molecule has 2 aromatic heterocycles. The number of benzene rings is 1. The summed E-state index contributed by atoms with van der Waals surface area (Å²) in [6.07, 6.45) is 6.37. The van der Waals surface area contributed by atoms with Gasteiger partial charge in [-0.1, -0.05) is 18.2 Å². The van der Waals surface area contributed by atoms with Crippen molar-refractivity contribution >= 4 is 5.91 Å². The minimum Gasteiger partial charge on any atom is -0.484 e. The van der Waals surface area contributed by atoms with Crippen molar-refractivity contribution in [3.63, 3.8) is 0 Å². The van der Waals surface area contributed by atoms with Crippen LogP contribution in [0.2, 0.25) is 0 Å². The highest BCUT2D eigenvalue weighted by Crippen LogP contribution is 2.34. The molecule has 1 fully saturated rings. The van der Waals surface area contributed by atoms with Crippen LogP contribution >= 0.6 is 0 Å². The van der Waals surface area contributed by atoms with Crippen LogP contribution in [0.25, 0.3) is 11.4 Å². The molecule has 5 rings (SSSR count). The molecule has 7 nitrogen and oxygen atoms in total. The van der Waals surface area contributed by atoms with Gasteiger partial charge in [-0.15, -0.1) is 0 Å². The van der Waals surface area contributed by atoms with E-state index >= 15 is 0 Å². The number of nitrogens with zero attached hydrogens (tertiary/aromatic N) is 4. The SMILES string of the molecule is O=C(COc1ccccc1)N1CCc2c(c(-c3cocn3)nn2CC2CC2)C1. The number of carbonyl (C=O) groups is 1. The zero-order valence-corrected chi connectivity index (χ0v) is 15.6. The number of amides is 1. The Kier molecular flexibility index (Phi) is 4.35. The summed E-state index contributed by atoms with van der Waals surface area (Å²) in [4.78, 5) is 18.8. The van der Waals surface area contributed by atoms with Gasteiger partial charge in [0.2, 0.25) is 0 Å². The molecular weight excluding hydrogens is 356 g/mol. The lowest BCUT2D eigenvalue weighted by atomic mass is 10.0. The molecule has 7 heteroatoms. The third-order valence-electron chi connectivity index (χ3n) is 5.40. The van der Waals surface area contributed by atoms with Crippen LogP contribution in [-0.2, 0) is 24.3 Å². The molecule has 0 N–H and O–H groups in total. The standard InChI is InChI=1S/C21H22N4O3/c26-20(13-28-16-4-2-1-3-5-16)24-9-8-19-17(11-24)21(18-12-27-14-22-18)23-25(19)10-15-6-7-15/h1-5,12,14-15H,6-11,13H2. The Bertz CT molecular complexity index is 961. The van der Waals surface area contributed by atoms with E-state index in [1.54, 1.807) is 6.26 Å². The van der Waals surface area contributed by atoms with Crippen LogP contribution in [0.4, 0.5) is 0 Å². The first-order valence-electron chi connectivity index (χ1n) is 9.70. The molecule has 0 radical (unpaired) electrons. The molecule has 1 aliphatic carbocycles. The van der Waals surface area contributed by atoms with Gasteiger partial charge in [-0.25, -0.2) is 4.98 Å². The maximum atomic E-state index is 12.7. The van der Waals surface area contributed by atoms with Crippen LogP contribution in [0.5, 0.6) is 5.75 Å². The Balaban J connectivity index is 1.35. The summed E-state index contributed by atoms with van der Waals surface area (Å²) in [6, 6.07) is 9.42. The van der Waals surface area contributed by atoms with Crippen molar-refractivity contribution in [1.29, 1.82) is 0 Å². The second kappa shape index (κ2) is 7.14. The molecule has 0 bridgehead atoms. The number of rotatable bonds is 6. The normalized spacial score (nSPS) is 16.1. The van der Waals surface area contributed by atoms with E-state index in [0.29, 0.717) is 18.8 Å². The molecule has 1 amide bonds. The second-order valence-electron chi connectivity index (χ2n) is 7.44. The lowest BCUT2D eigenvalue weighted by Crippen LogP contribution is -2.39. The molecule has 144 valence electrons. The van der Waals surface area contributed by atoms with Crippen molar-refractivity contribution in [2.24, 2.45) is 5.92 Å². The largest absolute Gasteiger partial charge is 0.484 e. The predicted molar refractivity (Wildman–Crippen MR) is 102 cm³/mol. The Hall–Kier alpha value is -3.09. The number of hydrogen-bond donors (Lipinski definition) is 0. The zero-order valence-electron chi connectivity index (χ0n) is 15.6. The molecule has 0 saturated heterocycles. The highest BCUT2D eigenvalue weighted by Gasteiger charge is 2.31. The molecule has 28 heavy (non-hydrogen) atoms. The molecule has 2 aliphatic rings. The molecule has 1 aromatic carbocycles. The van der Waals surface area contributed by atoms with Crippen LogP contribution in [0.1, 0.15) is 24.1 Å². The van der Waals surface area contributed by atoms with Gasteiger partial charge in [-0.05, 0) is 30.9 Å². The van der Waals surface area contributed by atoms with E-state index in [1.165, 1.54) is 24.9 Å². The van der Waals surface area contributed by atoms with Crippen molar-refractivity contribution in [2.45, 2.75) is 32.4 Å². The van der Waals surface area contributed by atoms with Gasteiger partial charge in [0, 0.05) is 37.3 Å². The van der Waals surface area contributed by atoms with Crippen molar-refractivity contribution in [3.8, 4) is 17.1 Å². The van der Waals surface area contributed by atoms with E-state index in [2.05, 4.69) is 9.67 Å². The minimum absolute atomic E-state index is 0.0180. The minimum atomic E-state index is -0.0180. The number of ether oxygens (including phenoxy) is 1. The van der Waals surface area contributed by atoms with Gasteiger partial charge >= 0.3 is 0 Å². The number of para-hydroxylation sites is 1. The van der Waals surface area contributed by atoms with Gasteiger partial charge in [-0.2, -0.15) is 5.10 Å². The fourth-order valence-electron chi connectivity index (χ4n) is 3.69. The number of carbonyl (C=O) groups excluding carboxylic acids is 1. The van der Waals surface area contributed by atoms with Gasteiger partial charge in [0.15, 0.2) is 13.0 Å². The number of aromatic nitrogens is 3. The van der Waals surface area contributed by atoms with Gasteiger partial charge in [0.25, 0.3) is 5.91 Å². The van der Waals surface area contributed by atoms with Gasteiger partial charge in [0.1, 0.15) is 23.4 Å². The van der Waals surface area contributed by atoms with E-state index in [9.17, 15) is 4.79 Å². The first-order chi connectivity index (χ1) is 13.8. The third-order valence-corrected chi connectivity index (χ3v) is 5.40. The summed E-state index contributed by atoms with van der Waals surface area (Å²) in [5.41, 5.74) is 3.85. The summed E-state index contributed by atoms with van der Waals surface area (Å²) in [5.74, 6) is 1.41. The average molecular weight is 378 g/mol. The molecule has 0 unspecified atom stereocenters. The number of fused-ring (bicyclic) bond motifs is 1. The molecule has 1 saturated carbocycles. The molecule has 3 aromatic rings. The Morgan fingerprint density at radius 3 is 2.86 bits per heavy atom. The van der Waals surface area contributed by atoms with Gasteiger partial charge in [-0.3, -0.25) is 9.48 Å². The predicted octanol–water partition coefficient (Wildman–Crippen LogP) is 2.91. The topological polar surface area (TPSA) is 73.4 Å². The van der Waals surface area contributed by atoms with Crippen LogP contribution in [0.3, 0.4) is 0 Å². The van der Waals surface area contributed by atoms with Crippen LogP contribution in [0, 0.1) is 5.92 Å². The summed E-state index contributed by atoms with van der Waals surface area (Å²) >= 11 is 0. The lowest BCUT2D eigenvalue weighted by molar-refractivity contribution is -0.134. The molecule has 0 spiro atoms. The monoisotopic (exact) mass is 378 g/mol. The van der Waals surface area contributed by atoms with Crippen LogP contribution in [0.15, 0.2) is 47.4 Å². The second-order valence-corrected chi connectivity index (χ2v) is 7.44. The van der Waals surface area contributed by atoms with E-state index in [-0.39, 0.29) is 12.5 Å². The van der Waals surface area contributed by atoms with Crippen molar-refractivity contribution in [1.82, 2.24) is 19.7 Å². The summed E-state index contributed by atoms with van der Waals surface area (Å²) in [7, 11) is 0. The smallest absolute Gasteiger partial charge is 0.260 e. The van der Waals surface area contributed by atoms with Crippen LogP contribution in [-0.4, -0.2) is 38.7 Å². The van der Waals surface area contributed by atoms with Crippen molar-refractivity contribution < 1.29 is 13.9 Å². The fraction of sp³-hybridized carbons (Fsp3) is 0.381. The number of hydrogen-bond acceptors (Lipinski definition) is 5. The quantitative estimate of drug-likeness (QED) is 0.659. The lowest BCUT2D eigenvalue weighted by Gasteiger charge is -2.28. The Morgan fingerprint density at radius 1 is 1.25 bits per heavy atom. The zero-order chi connectivity index (χ0) is 18.9. The third kappa shape index (κ3) is 3.40. The molecular formula is C21H22N4O3. The van der Waals surface area contributed by atoms with E-state index in [4.69, 9.17) is 14.3 Å². The first kappa shape index (κ1) is 17.0. The number of oxazole rings is 1. The molecule has 0 atom stereocenters. The summed E-state index contributed by atoms with van der Waals surface area (Å²) < 4.78 is 12.9. The fourth-order valence-corrected chi connectivity index (χ4v) is 3.69. The van der Waals surface area contributed by atoms with E-state index < -0.39 is 0 Å². The van der Waals surface area contributed by atoms with Crippen LogP contribution < -0.4 is 4.74 Å². The van der Waals surface area contributed by atoms with Crippen molar-refractivity contribution in [3.05, 3.63) is 54.2 Å². The molecule has 3 heterocycles. The summed E-state index contributed by atoms with van der Waals surface area (Å²) in [6.45, 7) is 2.19. The summed E-state index contributed by atoms with van der Waals surface area (Å²) in [5, 5.41) is 4.83. The van der Waals surface area contributed by atoms with Crippen molar-refractivity contribution in [2.75, 3.05) is 13.2 Å². The molecule has 1 aliphatic heterocycles. The maximum absolute atomic E-state index is 12.7. The first-order valence-corrected chi connectivity index (χ1v) is 9.70. The van der Waals surface area contributed by atoms with Gasteiger partial charge in [0.05, 0.1) is 0 Å². The highest BCUT2D eigenvalue weighted by atomic mass is 16.5. The Morgan fingerprint density at radius 2 is 2.11 bits per heavy atom. The van der Waals surface area contributed by atoms with E-state index in [1.807, 2.05) is 35.2 Å². The Labute approximate surface area is 162 Å². The maximum Gasteiger partial charge on any atom is 0.260 e. The van der Waals surface area contributed by atoms with Gasteiger partial charge < -0.3 is 14.1 Å². The van der Waals surface area contributed by atoms with E-state index in [0.717, 1.165) is 35.8 Å².